The number of benzene rings is 1. The predicted octanol–water partition coefficient (Wildman–Crippen LogP) is 1.75. The number of amides is 1. The summed E-state index contributed by atoms with van der Waals surface area (Å²) in [6, 6.07) is 7.61. The lowest BCUT2D eigenvalue weighted by atomic mass is 10.0. The van der Waals surface area contributed by atoms with E-state index >= 15 is 0 Å². The van der Waals surface area contributed by atoms with Gasteiger partial charge in [-0.05, 0) is 25.8 Å². The molecule has 5 nitrogen and oxygen atoms in total. The van der Waals surface area contributed by atoms with Crippen LogP contribution in [0.25, 0.3) is 0 Å². The van der Waals surface area contributed by atoms with Gasteiger partial charge in [0.25, 0.3) is 0 Å². The van der Waals surface area contributed by atoms with Crippen LogP contribution in [0.15, 0.2) is 24.3 Å². The lowest BCUT2D eigenvalue weighted by Gasteiger charge is -2.20. The van der Waals surface area contributed by atoms with Gasteiger partial charge in [-0.3, -0.25) is 9.59 Å². The van der Waals surface area contributed by atoms with Crippen molar-refractivity contribution < 1.29 is 19.1 Å². The smallest absolute Gasteiger partial charge is 0.315 e. The van der Waals surface area contributed by atoms with Crippen molar-refractivity contribution in [3.63, 3.8) is 0 Å². The second-order valence-electron chi connectivity index (χ2n) is 4.81. The summed E-state index contributed by atoms with van der Waals surface area (Å²) in [4.78, 5) is 23.2. The Morgan fingerprint density at radius 2 is 2.00 bits per heavy atom. The van der Waals surface area contributed by atoms with Crippen molar-refractivity contribution in [1.82, 2.24) is 5.32 Å². The van der Waals surface area contributed by atoms with Gasteiger partial charge in [0, 0.05) is 5.56 Å². The molecule has 0 aromatic heterocycles. The summed E-state index contributed by atoms with van der Waals surface area (Å²) in [7, 11) is 1.61. The molecule has 1 aliphatic carbocycles. The van der Waals surface area contributed by atoms with Gasteiger partial charge in [-0.25, -0.2) is 0 Å². The fourth-order valence-electron chi connectivity index (χ4n) is 2.28. The molecule has 5 heteroatoms. The van der Waals surface area contributed by atoms with E-state index in [0.29, 0.717) is 0 Å². The number of nitrogens with one attached hydrogen (secondary N) is 1. The average Bonchev–Trinajstić information content (AvgIpc) is 3.19. The van der Waals surface area contributed by atoms with Crippen molar-refractivity contribution in [3.05, 3.63) is 29.8 Å². The molecule has 0 atom stereocenters. The number of hydrogen-bond donors (Lipinski definition) is 1. The quantitative estimate of drug-likeness (QED) is 0.635. The van der Waals surface area contributed by atoms with Gasteiger partial charge in [0.15, 0.2) is 0 Å². The second-order valence-corrected chi connectivity index (χ2v) is 4.81. The topological polar surface area (TPSA) is 64.6 Å². The minimum Gasteiger partial charge on any atom is -0.496 e. The molecule has 1 N–H and O–H groups in total. The Balaban J connectivity index is 2.05. The van der Waals surface area contributed by atoms with Gasteiger partial charge in [0.2, 0.25) is 5.91 Å². The van der Waals surface area contributed by atoms with Crippen molar-refractivity contribution in [2.45, 2.75) is 31.7 Å². The molecular formula is C15H19NO4. The normalized spacial score (nSPS) is 15.3. The highest BCUT2D eigenvalue weighted by atomic mass is 16.5. The van der Waals surface area contributed by atoms with E-state index in [1.54, 1.807) is 14.0 Å². The molecule has 20 heavy (non-hydrogen) atoms. The molecule has 0 radical (unpaired) electrons. The van der Waals surface area contributed by atoms with E-state index < -0.39 is 11.5 Å². The average molecular weight is 277 g/mol. The molecule has 0 saturated heterocycles. The fourth-order valence-corrected chi connectivity index (χ4v) is 2.28. The van der Waals surface area contributed by atoms with E-state index in [-0.39, 0.29) is 18.9 Å². The van der Waals surface area contributed by atoms with E-state index in [1.165, 1.54) is 0 Å². The number of rotatable bonds is 6. The Hall–Kier alpha value is -2.04. The zero-order valence-corrected chi connectivity index (χ0v) is 11.8. The molecule has 0 unspecified atom stereocenters. The number of esters is 1. The molecule has 1 saturated carbocycles. The van der Waals surface area contributed by atoms with E-state index in [0.717, 1.165) is 24.2 Å². The molecule has 1 aliphatic rings. The standard InChI is InChI=1S/C15H19NO4/c1-3-20-14(18)10-13(17)16-15(8-9-15)11-6-4-5-7-12(11)19-2/h4-7H,3,8-10H2,1-2H3,(H,16,17). The Kier molecular flexibility index (Phi) is 4.27. The Morgan fingerprint density at radius 3 is 2.60 bits per heavy atom. The van der Waals surface area contributed by atoms with Crippen LogP contribution >= 0.6 is 0 Å². The van der Waals surface area contributed by atoms with Crippen molar-refractivity contribution >= 4 is 11.9 Å². The van der Waals surface area contributed by atoms with Crippen LogP contribution in [0.2, 0.25) is 0 Å². The van der Waals surface area contributed by atoms with Crippen molar-refractivity contribution in [3.8, 4) is 5.75 Å². The third-order valence-electron chi connectivity index (χ3n) is 3.36. The fraction of sp³-hybridized carbons (Fsp3) is 0.467. The first kappa shape index (κ1) is 14.4. The van der Waals surface area contributed by atoms with E-state index in [4.69, 9.17) is 9.47 Å². The third-order valence-corrected chi connectivity index (χ3v) is 3.36. The summed E-state index contributed by atoms with van der Waals surface area (Å²) >= 11 is 0. The number of ether oxygens (including phenoxy) is 2. The SMILES string of the molecule is CCOC(=O)CC(=O)NC1(c2ccccc2OC)CC1. The number of carbonyl (C=O) groups excluding carboxylic acids is 2. The summed E-state index contributed by atoms with van der Waals surface area (Å²) in [5.41, 5.74) is 0.565. The third kappa shape index (κ3) is 3.10. The maximum absolute atomic E-state index is 11.9. The lowest BCUT2D eigenvalue weighted by Crippen LogP contribution is -2.36. The Morgan fingerprint density at radius 1 is 1.30 bits per heavy atom. The molecule has 108 valence electrons. The van der Waals surface area contributed by atoms with Crippen LogP contribution in [0, 0.1) is 0 Å². The summed E-state index contributed by atoms with van der Waals surface area (Å²) in [5.74, 6) is -0.0610. The summed E-state index contributed by atoms with van der Waals surface area (Å²) in [6.07, 6.45) is 1.45. The van der Waals surface area contributed by atoms with Crippen molar-refractivity contribution in [1.29, 1.82) is 0 Å². The summed E-state index contributed by atoms with van der Waals surface area (Å²) < 4.78 is 10.1. The molecule has 1 fully saturated rings. The molecule has 0 spiro atoms. The van der Waals surface area contributed by atoms with Crippen LogP contribution in [0.3, 0.4) is 0 Å². The number of para-hydroxylation sites is 1. The van der Waals surface area contributed by atoms with Gasteiger partial charge < -0.3 is 14.8 Å². The van der Waals surface area contributed by atoms with Gasteiger partial charge >= 0.3 is 5.97 Å². The highest BCUT2D eigenvalue weighted by molar-refractivity contribution is 5.94. The predicted molar refractivity (Wildman–Crippen MR) is 73.3 cm³/mol. The number of carbonyl (C=O) groups is 2. The molecule has 0 aliphatic heterocycles. The van der Waals surface area contributed by atoms with Crippen LogP contribution in [-0.4, -0.2) is 25.6 Å². The number of hydrogen-bond acceptors (Lipinski definition) is 4. The van der Waals surface area contributed by atoms with Crippen molar-refractivity contribution in [2.24, 2.45) is 0 Å². The van der Waals surface area contributed by atoms with Crippen LogP contribution in [0.5, 0.6) is 5.75 Å². The highest BCUT2D eigenvalue weighted by Crippen LogP contribution is 2.48. The summed E-state index contributed by atoms with van der Waals surface area (Å²) in [5, 5.41) is 2.93. The Labute approximate surface area is 118 Å². The first-order valence-corrected chi connectivity index (χ1v) is 6.71. The largest absolute Gasteiger partial charge is 0.496 e. The van der Waals surface area contributed by atoms with Crippen LogP contribution < -0.4 is 10.1 Å². The minimum absolute atomic E-state index is 0.245. The van der Waals surface area contributed by atoms with E-state index in [2.05, 4.69) is 5.32 Å². The van der Waals surface area contributed by atoms with E-state index in [1.807, 2.05) is 24.3 Å². The van der Waals surface area contributed by atoms with E-state index in [9.17, 15) is 9.59 Å². The molecule has 1 amide bonds. The van der Waals surface area contributed by atoms with Gasteiger partial charge in [-0.1, -0.05) is 18.2 Å². The zero-order valence-electron chi connectivity index (χ0n) is 11.8. The molecule has 1 aromatic rings. The van der Waals surface area contributed by atoms with Gasteiger partial charge in [-0.2, -0.15) is 0 Å². The highest BCUT2D eigenvalue weighted by Gasteiger charge is 2.47. The van der Waals surface area contributed by atoms with Gasteiger partial charge in [0.05, 0.1) is 19.3 Å². The second kappa shape index (κ2) is 5.94. The van der Waals surface area contributed by atoms with Crippen LogP contribution in [-0.2, 0) is 19.9 Å². The summed E-state index contributed by atoms with van der Waals surface area (Å²) in [6.45, 7) is 2.00. The lowest BCUT2D eigenvalue weighted by molar-refractivity contribution is -0.146. The molecule has 1 aromatic carbocycles. The maximum atomic E-state index is 11.9. The first-order valence-electron chi connectivity index (χ1n) is 6.71. The maximum Gasteiger partial charge on any atom is 0.315 e. The van der Waals surface area contributed by atoms with Gasteiger partial charge in [0.1, 0.15) is 12.2 Å². The molecule has 0 heterocycles. The van der Waals surface area contributed by atoms with Crippen LogP contribution in [0.1, 0.15) is 31.7 Å². The molecule has 0 bridgehead atoms. The monoisotopic (exact) mass is 277 g/mol. The first-order chi connectivity index (χ1) is 9.61. The molecular weight excluding hydrogens is 258 g/mol. The Bertz CT molecular complexity index is 508. The number of methoxy groups -OCH3 is 1. The van der Waals surface area contributed by atoms with Gasteiger partial charge in [-0.15, -0.1) is 0 Å². The minimum atomic E-state index is -0.499. The van der Waals surface area contributed by atoms with Crippen LogP contribution in [0.4, 0.5) is 0 Å². The van der Waals surface area contributed by atoms with Crippen molar-refractivity contribution in [2.75, 3.05) is 13.7 Å². The zero-order chi connectivity index (χ0) is 14.6. The molecule has 2 rings (SSSR count).